The van der Waals surface area contributed by atoms with Crippen molar-refractivity contribution in [2.45, 2.75) is 51.0 Å². The summed E-state index contributed by atoms with van der Waals surface area (Å²) in [6.07, 6.45) is 7.72. The van der Waals surface area contributed by atoms with Crippen LogP contribution >= 0.6 is 11.6 Å². The van der Waals surface area contributed by atoms with Gasteiger partial charge in [-0.05, 0) is 56.2 Å². The van der Waals surface area contributed by atoms with Crippen LogP contribution in [0.25, 0.3) is 0 Å². The number of likely N-dealkylation sites (tertiary alicyclic amines) is 1. The first-order valence-corrected chi connectivity index (χ1v) is 10.8. The van der Waals surface area contributed by atoms with Crippen molar-refractivity contribution < 1.29 is 9.59 Å². The Morgan fingerprint density at radius 1 is 1.07 bits per heavy atom. The van der Waals surface area contributed by atoms with E-state index in [2.05, 4.69) is 10.4 Å². The number of halogens is 1. The Labute approximate surface area is 176 Å². The molecule has 2 heterocycles. The van der Waals surface area contributed by atoms with Crippen molar-refractivity contribution >= 4 is 29.2 Å². The fourth-order valence-corrected chi connectivity index (χ4v) is 4.02. The first-order valence-electron chi connectivity index (χ1n) is 10.5. The van der Waals surface area contributed by atoms with Crippen LogP contribution in [-0.4, -0.2) is 39.6 Å². The molecule has 154 valence electrons. The summed E-state index contributed by atoms with van der Waals surface area (Å²) in [4.78, 5) is 26.6. The number of nitrogens with one attached hydrogen (secondary N) is 1. The van der Waals surface area contributed by atoms with Crippen LogP contribution in [0.3, 0.4) is 0 Å². The Morgan fingerprint density at radius 3 is 2.48 bits per heavy atom. The zero-order valence-electron chi connectivity index (χ0n) is 16.5. The number of amides is 2. The molecule has 2 aromatic rings. The molecule has 1 saturated carbocycles. The average molecular weight is 415 g/mol. The molecule has 0 bridgehead atoms. The molecule has 1 aromatic carbocycles. The Balaban J connectivity index is 1.23. The quantitative estimate of drug-likeness (QED) is 0.742. The normalized spacial score (nSPS) is 17.3. The molecule has 1 saturated heterocycles. The van der Waals surface area contributed by atoms with E-state index in [1.54, 1.807) is 6.20 Å². The van der Waals surface area contributed by atoms with Crippen LogP contribution in [0.1, 0.15) is 50.1 Å². The maximum Gasteiger partial charge on any atom is 0.228 e. The molecule has 0 unspecified atom stereocenters. The summed E-state index contributed by atoms with van der Waals surface area (Å²) in [5.74, 6) is 1.26. The number of carbonyl (C=O) groups is 2. The summed E-state index contributed by atoms with van der Waals surface area (Å²) in [6.45, 7) is 1.47. The largest absolute Gasteiger partial charge is 0.343 e. The lowest BCUT2D eigenvalue weighted by Gasteiger charge is -2.33. The highest BCUT2D eigenvalue weighted by Gasteiger charge is 2.31. The van der Waals surface area contributed by atoms with Crippen LogP contribution < -0.4 is 5.32 Å². The van der Waals surface area contributed by atoms with E-state index in [9.17, 15) is 9.59 Å². The number of nitrogens with zero attached hydrogens (tertiary/aromatic N) is 3. The lowest BCUT2D eigenvalue weighted by Crippen LogP contribution is -2.39. The van der Waals surface area contributed by atoms with Gasteiger partial charge in [0.2, 0.25) is 11.8 Å². The zero-order chi connectivity index (χ0) is 20.2. The molecule has 2 aliphatic rings. The summed E-state index contributed by atoms with van der Waals surface area (Å²) in [7, 11) is 0. The predicted octanol–water partition coefficient (Wildman–Crippen LogP) is 4.07. The second kappa shape index (κ2) is 8.99. The number of rotatable bonds is 7. The van der Waals surface area contributed by atoms with Crippen LogP contribution in [-0.2, 0) is 16.0 Å². The minimum atomic E-state index is 0.0973. The van der Waals surface area contributed by atoms with Crippen molar-refractivity contribution in [3.8, 4) is 0 Å². The molecule has 4 rings (SSSR count). The molecular weight excluding hydrogens is 388 g/mol. The van der Waals surface area contributed by atoms with Crippen molar-refractivity contribution in [1.82, 2.24) is 14.7 Å². The molecule has 1 aliphatic carbocycles. The molecule has 0 radical (unpaired) electrons. The lowest BCUT2D eigenvalue weighted by molar-refractivity contribution is -0.132. The van der Waals surface area contributed by atoms with E-state index in [4.69, 9.17) is 11.6 Å². The van der Waals surface area contributed by atoms with Gasteiger partial charge in [-0.2, -0.15) is 5.10 Å². The molecule has 1 N–H and O–H groups in total. The molecule has 1 aliphatic heterocycles. The summed E-state index contributed by atoms with van der Waals surface area (Å²) in [5.41, 5.74) is 1.21. The van der Waals surface area contributed by atoms with Crippen LogP contribution in [0.2, 0.25) is 5.02 Å². The third-order valence-electron chi connectivity index (χ3n) is 5.80. The monoisotopic (exact) mass is 414 g/mol. The van der Waals surface area contributed by atoms with E-state index in [-0.39, 0.29) is 23.8 Å². The molecule has 6 nitrogen and oxygen atoms in total. The highest BCUT2D eigenvalue weighted by atomic mass is 35.5. The summed E-state index contributed by atoms with van der Waals surface area (Å²) in [5, 5.41) is 8.16. The molecule has 0 spiro atoms. The fraction of sp³-hybridized carbons (Fsp3) is 0.500. The van der Waals surface area contributed by atoms with Crippen molar-refractivity contribution in [1.29, 1.82) is 0 Å². The molecule has 1 aromatic heterocycles. The molecule has 2 fully saturated rings. The van der Waals surface area contributed by atoms with E-state index in [1.807, 2.05) is 39.9 Å². The maximum absolute atomic E-state index is 12.6. The van der Waals surface area contributed by atoms with Crippen LogP contribution in [0, 0.1) is 5.92 Å². The third-order valence-corrected chi connectivity index (χ3v) is 6.05. The molecule has 2 amide bonds. The Morgan fingerprint density at radius 2 is 1.79 bits per heavy atom. The SMILES string of the molecule is O=C(Nc1ccnn1C1CCN(C(=O)CCCc2ccc(Cl)cc2)CC1)C1CC1. The van der Waals surface area contributed by atoms with Crippen molar-refractivity contribution in [2.75, 3.05) is 18.4 Å². The van der Waals surface area contributed by atoms with E-state index in [1.165, 1.54) is 5.56 Å². The summed E-state index contributed by atoms with van der Waals surface area (Å²) < 4.78 is 1.92. The van der Waals surface area contributed by atoms with Crippen molar-refractivity contribution in [3.63, 3.8) is 0 Å². The topological polar surface area (TPSA) is 67.2 Å². The number of piperidine rings is 1. The van der Waals surface area contributed by atoms with Gasteiger partial charge < -0.3 is 10.2 Å². The van der Waals surface area contributed by atoms with E-state index < -0.39 is 0 Å². The number of carbonyl (C=O) groups excluding carboxylic acids is 2. The Kier molecular flexibility index (Phi) is 6.19. The van der Waals surface area contributed by atoms with Gasteiger partial charge in [-0.15, -0.1) is 0 Å². The second-order valence-electron chi connectivity index (χ2n) is 8.02. The summed E-state index contributed by atoms with van der Waals surface area (Å²) in [6, 6.07) is 9.89. The Hall–Kier alpha value is -2.34. The number of benzene rings is 1. The van der Waals surface area contributed by atoms with Gasteiger partial charge in [-0.25, -0.2) is 4.68 Å². The van der Waals surface area contributed by atoms with Gasteiger partial charge in [0, 0.05) is 36.5 Å². The first kappa shape index (κ1) is 20.0. The minimum Gasteiger partial charge on any atom is -0.343 e. The summed E-state index contributed by atoms with van der Waals surface area (Å²) >= 11 is 5.91. The first-order chi connectivity index (χ1) is 14.1. The number of anilines is 1. The maximum atomic E-state index is 12.6. The highest BCUT2D eigenvalue weighted by molar-refractivity contribution is 6.30. The van der Waals surface area contributed by atoms with Gasteiger partial charge in [-0.1, -0.05) is 23.7 Å². The van der Waals surface area contributed by atoms with Crippen molar-refractivity contribution in [3.05, 3.63) is 47.1 Å². The number of aromatic nitrogens is 2. The van der Waals surface area contributed by atoms with Gasteiger partial charge in [0.15, 0.2) is 0 Å². The van der Waals surface area contributed by atoms with E-state index in [0.717, 1.165) is 62.5 Å². The van der Waals surface area contributed by atoms with Gasteiger partial charge in [0.25, 0.3) is 0 Å². The zero-order valence-corrected chi connectivity index (χ0v) is 17.3. The molecule has 7 heteroatoms. The number of hydrogen-bond acceptors (Lipinski definition) is 3. The van der Waals surface area contributed by atoms with Crippen LogP contribution in [0.15, 0.2) is 36.5 Å². The molecular formula is C22H27ClN4O2. The van der Waals surface area contributed by atoms with E-state index >= 15 is 0 Å². The van der Waals surface area contributed by atoms with E-state index in [0.29, 0.717) is 6.42 Å². The molecule has 0 atom stereocenters. The van der Waals surface area contributed by atoms with Gasteiger partial charge in [0.1, 0.15) is 5.82 Å². The van der Waals surface area contributed by atoms with Crippen LogP contribution in [0.4, 0.5) is 5.82 Å². The second-order valence-corrected chi connectivity index (χ2v) is 8.45. The smallest absolute Gasteiger partial charge is 0.228 e. The predicted molar refractivity (Wildman–Crippen MR) is 113 cm³/mol. The highest BCUT2D eigenvalue weighted by Crippen LogP contribution is 2.31. The molecule has 29 heavy (non-hydrogen) atoms. The van der Waals surface area contributed by atoms with Crippen molar-refractivity contribution in [2.24, 2.45) is 5.92 Å². The van der Waals surface area contributed by atoms with Gasteiger partial charge in [0.05, 0.1) is 12.2 Å². The fourth-order valence-electron chi connectivity index (χ4n) is 3.89. The lowest BCUT2D eigenvalue weighted by atomic mass is 10.0. The van der Waals surface area contributed by atoms with Gasteiger partial charge >= 0.3 is 0 Å². The minimum absolute atomic E-state index is 0.0973. The van der Waals surface area contributed by atoms with Gasteiger partial charge in [-0.3, -0.25) is 9.59 Å². The Bertz CT molecular complexity index is 852. The standard InChI is InChI=1S/C22H27ClN4O2/c23-18-8-4-16(5-9-18)2-1-3-21(28)26-14-11-19(12-15-26)27-20(10-13-24-27)25-22(29)17-6-7-17/h4-5,8-10,13,17,19H,1-3,6-7,11-12,14-15H2,(H,25,29). The number of aryl methyl sites for hydroxylation is 1. The van der Waals surface area contributed by atoms with Crippen LogP contribution in [0.5, 0.6) is 0 Å². The third kappa shape index (κ3) is 5.18. The average Bonchev–Trinajstić information content (AvgIpc) is 3.49. The number of hydrogen-bond donors (Lipinski definition) is 1.